The van der Waals surface area contributed by atoms with Gasteiger partial charge in [-0.25, -0.2) is 0 Å². The smallest absolute Gasteiger partial charge is 0.0655 e. The molecule has 1 heterocycles. The summed E-state index contributed by atoms with van der Waals surface area (Å²) in [7, 11) is 0. The van der Waals surface area contributed by atoms with Crippen molar-refractivity contribution in [2.75, 3.05) is 0 Å². The van der Waals surface area contributed by atoms with Gasteiger partial charge in [-0.1, -0.05) is 24.8 Å². The van der Waals surface area contributed by atoms with Crippen molar-refractivity contribution in [3.05, 3.63) is 53.9 Å². The maximum Gasteiger partial charge on any atom is 0.0655 e. The SMILES string of the molecule is C=C/C=C(\C)c1cnc(/C=C\C)c(C)c1. The molecular weight excluding hydrogens is 182 g/mol. The number of aromatic nitrogens is 1. The minimum absolute atomic E-state index is 1.03. The van der Waals surface area contributed by atoms with E-state index in [9.17, 15) is 0 Å². The van der Waals surface area contributed by atoms with Gasteiger partial charge < -0.3 is 0 Å². The zero-order valence-corrected chi connectivity index (χ0v) is 9.62. The fourth-order valence-electron chi connectivity index (χ4n) is 1.41. The Morgan fingerprint density at radius 1 is 1.47 bits per heavy atom. The van der Waals surface area contributed by atoms with Crippen molar-refractivity contribution >= 4 is 11.6 Å². The Morgan fingerprint density at radius 2 is 2.20 bits per heavy atom. The fraction of sp³-hybridized carbons (Fsp3) is 0.214. The Hall–Kier alpha value is -1.63. The molecule has 78 valence electrons. The van der Waals surface area contributed by atoms with Crippen LogP contribution in [0.15, 0.2) is 37.1 Å². The number of hydrogen-bond donors (Lipinski definition) is 0. The van der Waals surface area contributed by atoms with Crippen LogP contribution in [-0.4, -0.2) is 4.98 Å². The van der Waals surface area contributed by atoms with Gasteiger partial charge in [-0.15, -0.1) is 0 Å². The predicted octanol–water partition coefficient (Wildman–Crippen LogP) is 4.01. The molecule has 0 unspecified atom stereocenters. The summed E-state index contributed by atoms with van der Waals surface area (Å²) in [6, 6.07) is 2.15. The van der Waals surface area contributed by atoms with Crippen molar-refractivity contribution in [1.82, 2.24) is 4.98 Å². The highest BCUT2D eigenvalue weighted by atomic mass is 14.7. The molecule has 0 aliphatic heterocycles. The summed E-state index contributed by atoms with van der Waals surface area (Å²) in [5.41, 5.74) is 4.57. The Kier molecular flexibility index (Phi) is 4.04. The van der Waals surface area contributed by atoms with Crippen LogP contribution in [0.4, 0.5) is 0 Å². The van der Waals surface area contributed by atoms with Crippen molar-refractivity contribution in [1.29, 1.82) is 0 Å². The third kappa shape index (κ3) is 2.91. The Morgan fingerprint density at radius 3 is 2.73 bits per heavy atom. The molecule has 1 heteroatoms. The van der Waals surface area contributed by atoms with Gasteiger partial charge in [0.2, 0.25) is 0 Å². The summed E-state index contributed by atoms with van der Waals surface area (Å²) in [4.78, 5) is 4.41. The van der Waals surface area contributed by atoms with Crippen LogP contribution in [0, 0.1) is 6.92 Å². The fourth-order valence-corrected chi connectivity index (χ4v) is 1.41. The molecule has 1 rings (SSSR count). The summed E-state index contributed by atoms with van der Waals surface area (Å²) in [6.45, 7) is 9.82. The average Bonchev–Trinajstić information content (AvgIpc) is 2.21. The van der Waals surface area contributed by atoms with Gasteiger partial charge in [-0.05, 0) is 49.6 Å². The maximum absolute atomic E-state index is 4.41. The van der Waals surface area contributed by atoms with E-state index in [1.165, 1.54) is 11.1 Å². The van der Waals surface area contributed by atoms with Gasteiger partial charge in [-0.3, -0.25) is 4.98 Å². The van der Waals surface area contributed by atoms with Crippen molar-refractivity contribution in [3.63, 3.8) is 0 Å². The van der Waals surface area contributed by atoms with E-state index in [1.54, 1.807) is 6.08 Å². The highest BCUT2D eigenvalue weighted by Crippen LogP contribution is 2.16. The number of pyridine rings is 1. The molecule has 0 radical (unpaired) electrons. The van der Waals surface area contributed by atoms with Crippen molar-refractivity contribution in [2.45, 2.75) is 20.8 Å². The second-order valence-corrected chi connectivity index (χ2v) is 3.51. The zero-order chi connectivity index (χ0) is 11.3. The summed E-state index contributed by atoms with van der Waals surface area (Å²) >= 11 is 0. The van der Waals surface area contributed by atoms with Gasteiger partial charge in [0.1, 0.15) is 0 Å². The number of allylic oxidation sites excluding steroid dienone is 4. The predicted molar refractivity (Wildman–Crippen MR) is 67.5 cm³/mol. The van der Waals surface area contributed by atoms with E-state index in [1.807, 2.05) is 31.3 Å². The van der Waals surface area contributed by atoms with E-state index in [2.05, 4.69) is 31.5 Å². The summed E-state index contributed by atoms with van der Waals surface area (Å²) in [6.07, 6.45) is 9.71. The van der Waals surface area contributed by atoms with Crippen LogP contribution in [0.3, 0.4) is 0 Å². The van der Waals surface area contributed by atoms with Crippen molar-refractivity contribution in [2.24, 2.45) is 0 Å². The van der Waals surface area contributed by atoms with E-state index < -0.39 is 0 Å². The summed E-state index contributed by atoms with van der Waals surface area (Å²) in [5.74, 6) is 0. The van der Waals surface area contributed by atoms with Crippen molar-refractivity contribution in [3.8, 4) is 0 Å². The lowest BCUT2D eigenvalue weighted by molar-refractivity contribution is 1.22. The number of hydrogen-bond acceptors (Lipinski definition) is 1. The number of aryl methyl sites for hydroxylation is 1. The standard InChI is InChI=1S/C14H17N/c1-5-7-11(3)13-9-12(4)14(8-6-2)15-10-13/h5-10H,1H2,2-4H3/b8-6-,11-7+. The topological polar surface area (TPSA) is 12.9 Å². The van der Waals surface area contributed by atoms with Gasteiger partial charge in [0.25, 0.3) is 0 Å². The lowest BCUT2D eigenvalue weighted by atomic mass is 10.1. The molecule has 0 spiro atoms. The molecule has 0 fully saturated rings. The van der Waals surface area contributed by atoms with Crippen LogP contribution in [0.1, 0.15) is 30.7 Å². The van der Waals surface area contributed by atoms with Crippen LogP contribution < -0.4 is 0 Å². The van der Waals surface area contributed by atoms with Gasteiger partial charge in [0, 0.05) is 6.20 Å². The summed E-state index contributed by atoms with van der Waals surface area (Å²) < 4.78 is 0. The quantitative estimate of drug-likeness (QED) is 0.670. The molecule has 0 aliphatic carbocycles. The van der Waals surface area contributed by atoms with Crippen LogP contribution in [0.2, 0.25) is 0 Å². The second kappa shape index (κ2) is 5.30. The van der Waals surface area contributed by atoms with Gasteiger partial charge in [0.15, 0.2) is 0 Å². The average molecular weight is 199 g/mol. The molecule has 0 amide bonds. The molecule has 0 atom stereocenters. The third-order valence-corrected chi connectivity index (χ3v) is 2.27. The molecule has 0 bridgehead atoms. The molecule has 0 aliphatic rings. The lowest BCUT2D eigenvalue weighted by Gasteiger charge is -2.04. The summed E-state index contributed by atoms with van der Waals surface area (Å²) in [5, 5.41) is 0. The highest BCUT2D eigenvalue weighted by Gasteiger charge is 1.99. The molecule has 1 aromatic heterocycles. The van der Waals surface area contributed by atoms with Gasteiger partial charge >= 0.3 is 0 Å². The molecule has 0 saturated heterocycles. The number of rotatable bonds is 3. The van der Waals surface area contributed by atoms with E-state index in [4.69, 9.17) is 0 Å². The largest absolute Gasteiger partial charge is 0.256 e. The molecule has 0 aromatic carbocycles. The minimum atomic E-state index is 1.03. The monoisotopic (exact) mass is 199 g/mol. The van der Waals surface area contributed by atoms with Crippen LogP contribution in [-0.2, 0) is 0 Å². The molecule has 15 heavy (non-hydrogen) atoms. The second-order valence-electron chi connectivity index (χ2n) is 3.51. The Balaban J connectivity index is 3.11. The molecule has 0 N–H and O–H groups in total. The normalized spacial score (nSPS) is 12.1. The Bertz CT molecular complexity index is 411. The first-order valence-electron chi connectivity index (χ1n) is 5.08. The van der Waals surface area contributed by atoms with Gasteiger partial charge in [0.05, 0.1) is 5.69 Å². The van der Waals surface area contributed by atoms with Crippen LogP contribution >= 0.6 is 0 Å². The third-order valence-electron chi connectivity index (χ3n) is 2.27. The Labute approximate surface area is 91.9 Å². The first-order chi connectivity index (χ1) is 7.19. The van der Waals surface area contributed by atoms with Crippen LogP contribution in [0.5, 0.6) is 0 Å². The minimum Gasteiger partial charge on any atom is -0.256 e. The maximum atomic E-state index is 4.41. The van der Waals surface area contributed by atoms with E-state index in [-0.39, 0.29) is 0 Å². The molecule has 0 saturated carbocycles. The number of nitrogens with zero attached hydrogens (tertiary/aromatic N) is 1. The van der Waals surface area contributed by atoms with E-state index in [0.717, 1.165) is 11.3 Å². The van der Waals surface area contributed by atoms with E-state index >= 15 is 0 Å². The van der Waals surface area contributed by atoms with Crippen LogP contribution in [0.25, 0.3) is 11.6 Å². The molecule has 1 aromatic rings. The molecule has 1 nitrogen and oxygen atoms in total. The van der Waals surface area contributed by atoms with Gasteiger partial charge in [-0.2, -0.15) is 0 Å². The first kappa shape index (κ1) is 11.4. The zero-order valence-electron chi connectivity index (χ0n) is 9.62. The van der Waals surface area contributed by atoms with Crippen molar-refractivity contribution < 1.29 is 0 Å². The highest BCUT2D eigenvalue weighted by molar-refractivity contribution is 5.66. The first-order valence-corrected chi connectivity index (χ1v) is 5.08. The molecular formula is C14H17N. The lowest BCUT2D eigenvalue weighted by Crippen LogP contribution is -1.90. The van der Waals surface area contributed by atoms with E-state index in [0.29, 0.717) is 0 Å².